The summed E-state index contributed by atoms with van der Waals surface area (Å²) in [6.45, 7) is 1.88. The summed E-state index contributed by atoms with van der Waals surface area (Å²) in [5.41, 5.74) is -0.639. The lowest BCUT2D eigenvalue weighted by molar-refractivity contribution is -0.137. The van der Waals surface area contributed by atoms with Crippen molar-refractivity contribution in [3.05, 3.63) is 105 Å². The minimum absolute atomic E-state index is 0.0530. The molecule has 0 saturated carbocycles. The van der Waals surface area contributed by atoms with Gasteiger partial charge in [0.05, 0.1) is 22.6 Å². The van der Waals surface area contributed by atoms with Crippen LogP contribution in [0.5, 0.6) is 0 Å². The van der Waals surface area contributed by atoms with Gasteiger partial charge in [0.25, 0.3) is 0 Å². The molecule has 3 aromatic rings. The Kier molecular flexibility index (Phi) is 7.77. The molecule has 34 heavy (non-hydrogen) atoms. The first-order valence-electron chi connectivity index (χ1n) is 10.5. The topological polar surface area (TPSA) is 54.4 Å². The number of aromatic carboxylic acids is 1. The van der Waals surface area contributed by atoms with Gasteiger partial charge in [-0.3, -0.25) is 4.79 Å². The van der Waals surface area contributed by atoms with Gasteiger partial charge in [0, 0.05) is 5.02 Å². The van der Waals surface area contributed by atoms with Crippen LogP contribution in [0.2, 0.25) is 5.02 Å². The largest absolute Gasteiger partial charge is 0.478 e. The number of rotatable bonds is 8. The van der Waals surface area contributed by atoms with E-state index in [9.17, 15) is 32.3 Å². The highest BCUT2D eigenvalue weighted by atomic mass is 35.5. The molecule has 2 atom stereocenters. The number of ketones is 1. The number of hydrogen-bond acceptors (Lipinski definition) is 2. The molecule has 0 aliphatic rings. The molecule has 0 amide bonds. The van der Waals surface area contributed by atoms with Gasteiger partial charge in [-0.15, -0.1) is 0 Å². The van der Waals surface area contributed by atoms with Crippen molar-refractivity contribution in [1.82, 2.24) is 0 Å². The fourth-order valence-electron chi connectivity index (χ4n) is 4.00. The number of alkyl halides is 3. The van der Waals surface area contributed by atoms with Crippen molar-refractivity contribution in [1.29, 1.82) is 0 Å². The molecule has 178 valence electrons. The first-order valence-corrected chi connectivity index (χ1v) is 10.9. The molecule has 0 fully saturated rings. The maximum atomic E-state index is 14.7. The minimum Gasteiger partial charge on any atom is -0.478 e. The highest BCUT2D eigenvalue weighted by molar-refractivity contribution is 6.30. The number of carboxylic acid groups (broad SMARTS) is 1. The second-order valence-electron chi connectivity index (χ2n) is 7.91. The summed E-state index contributed by atoms with van der Waals surface area (Å²) in [6, 6.07) is 14.0. The van der Waals surface area contributed by atoms with Crippen molar-refractivity contribution >= 4 is 23.4 Å². The second kappa shape index (κ2) is 10.4. The van der Waals surface area contributed by atoms with E-state index in [-0.39, 0.29) is 5.56 Å². The van der Waals surface area contributed by atoms with Crippen LogP contribution in [-0.2, 0) is 6.18 Å². The van der Waals surface area contributed by atoms with Crippen LogP contribution in [0.15, 0.2) is 66.7 Å². The first-order chi connectivity index (χ1) is 16.0. The van der Waals surface area contributed by atoms with E-state index in [2.05, 4.69) is 0 Å². The van der Waals surface area contributed by atoms with Gasteiger partial charge in [0.15, 0.2) is 5.78 Å². The van der Waals surface area contributed by atoms with E-state index in [0.717, 1.165) is 0 Å². The first kappa shape index (κ1) is 25.4. The summed E-state index contributed by atoms with van der Waals surface area (Å²) >= 11 is 5.99. The zero-order valence-corrected chi connectivity index (χ0v) is 18.8. The van der Waals surface area contributed by atoms with Crippen molar-refractivity contribution in [2.24, 2.45) is 0 Å². The van der Waals surface area contributed by atoms with Crippen LogP contribution in [0.25, 0.3) is 0 Å². The van der Waals surface area contributed by atoms with Gasteiger partial charge >= 0.3 is 12.1 Å². The normalized spacial score (nSPS) is 13.4. The van der Waals surface area contributed by atoms with E-state index in [1.54, 1.807) is 36.4 Å². The van der Waals surface area contributed by atoms with Crippen LogP contribution in [0, 0.1) is 5.82 Å². The third-order valence-electron chi connectivity index (χ3n) is 5.66. The molecule has 8 heteroatoms. The standard InChI is InChI=1S/C26H21ClF4O3/c1-2-3-20(15-4-6-17(7-5-15)25(33)34)23(16-8-11-19(27)12-9-16)24(32)21-14-18(26(29,30)31)10-13-22(21)28/h4-14,20,23H,2-3H2,1H3,(H,33,34). The van der Waals surface area contributed by atoms with E-state index in [4.69, 9.17) is 11.6 Å². The molecule has 3 aromatic carbocycles. The van der Waals surface area contributed by atoms with Gasteiger partial charge in [-0.2, -0.15) is 13.2 Å². The quantitative estimate of drug-likeness (QED) is 0.258. The summed E-state index contributed by atoms with van der Waals surface area (Å²) < 4.78 is 54.5. The van der Waals surface area contributed by atoms with Gasteiger partial charge in [-0.1, -0.05) is 49.2 Å². The molecule has 0 radical (unpaired) electrons. The third-order valence-corrected chi connectivity index (χ3v) is 5.91. The number of carboxylic acids is 1. The monoisotopic (exact) mass is 492 g/mol. The van der Waals surface area contributed by atoms with E-state index in [1.807, 2.05) is 6.92 Å². The molecule has 0 heterocycles. The molecular weight excluding hydrogens is 472 g/mol. The molecule has 0 aliphatic heterocycles. The summed E-state index contributed by atoms with van der Waals surface area (Å²) in [7, 11) is 0. The molecular formula is C26H21ClF4O3. The molecule has 0 bridgehead atoms. The van der Waals surface area contributed by atoms with Gasteiger partial charge in [0.2, 0.25) is 0 Å². The van der Waals surface area contributed by atoms with Gasteiger partial charge in [-0.05, 0) is 65.9 Å². The average Bonchev–Trinajstić information content (AvgIpc) is 2.79. The van der Waals surface area contributed by atoms with E-state index in [1.165, 1.54) is 12.1 Å². The molecule has 0 aliphatic carbocycles. The molecule has 2 unspecified atom stereocenters. The maximum Gasteiger partial charge on any atom is 0.416 e. The lowest BCUT2D eigenvalue weighted by Crippen LogP contribution is -2.23. The van der Waals surface area contributed by atoms with Crippen LogP contribution >= 0.6 is 11.6 Å². The Morgan fingerprint density at radius 2 is 1.53 bits per heavy atom. The molecule has 0 aromatic heterocycles. The Bertz CT molecular complexity index is 1170. The van der Waals surface area contributed by atoms with Crippen molar-refractivity contribution in [3.8, 4) is 0 Å². The Labute approximate surface area is 199 Å². The van der Waals surface area contributed by atoms with E-state index < -0.39 is 46.7 Å². The lowest BCUT2D eigenvalue weighted by atomic mass is 9.75. The Balaban J connectivity index is 2.17. The number of halogens is 5. The third kappa shape index (κ3) is 5.65. The minimum atomic E-state index is -4.74. The van der Waals surface area contributed by atoms with E-state index in [0.29, 0.717) is 47.2 Å². The maximum absolute atomic E-state index is 14.7. The molecule has 3 nitrogen and oxygen atoms in total. The fraction of sp³-hybridized carbons (Fsp3) is 0.231. The SMILES string of the molecule is CCCC(c1ccc(C(=O)O)cc1)C(C(=O)c1cc(C(F)(F)F)ccc1F)c1ccc(Cl)cc1. The number of Topliss-reactive ketones (excluding diaryl/α,β-unsaturated/α-hetero) is 1. The molecule has 0 saturated heterocycles. The smallest absolute Gasteiger partial charge is 0.416 e. The van der Waals surface area contributed by atoms with Crippen LogP contribution in [-0.4, -0.2) is 16.9 Å². The van der Waals surface area contributed by atoms with Gasteiger partial charge in [-0.25, -0.2) is 9.18 Å². The van der Waals surface area contributed by atoms with Crippen molar-refractivity contribution in [2.45, 2.75) is 37.8 Å². The fourth-order valence-corrected chi connectivity index (χ4v) is 4.13. The van der Waals surface area contributed by atoms with Crippen molar-refractivity contribution in [2.75, 3.05) is 0 Å². The predicted octanol–water partition coefficient (Wildman–Crippen LogP) is 7.75. The van der Waals surface area contributed by atoms with E-state index >= 15 is 0 Å². The number of hydrogen-bond donors (Lipinski definition) is 1. The van der Waals surface area contributed by atoms with Crippen LogP contribution in [0.3, 0.4) is 0 Å². The predicted molar refractivity (Wildman–Crippen MR) is 121 cm³/mol. The Morgan fingerprint density at radius 1 is 0.941 bits per heavy atom. The number of benzene rings is 3. The van der Waals surface area contributed by atoms with Crippen LogP contribution < -0.4 is 0 Å². The Morgan fingerprint density at radius 3 is 2.06 bits per heavy atom. The zero-order chi connectivity index (χ0) is 25.0. The van der Waals surface area contributed by atoms with Crippen LogP contribution in [0.4, 0.5) is 17.6 Å². The molecule has 0 spiro atoms. The number of carbonyl (C=O) groups excluding carboxylic acids is 1. The summed E-state index contributed by atoms with van der Waals surface area (Å²) in [6.07, 6.45) is -3.67. The second-order valence-corrected chi connectivity index (χ2v) is 8.34. The molecule has 3 rings (SSSR count). The van der Waals surface area contributed by atoms with Crippen LogP contribution in [0.1, 0.15) is 69.0 Å². The van der Waals surface area contributed by atoms with Gasteiger partial charge in [0.1, 0.15) is 5.82 Å². The summed E-state index contributed by atoms with van der Waals surface area (Å²) in [5.74, 6) is -4.53. The Hall–Kier alpha value is -3.19. The highest BCUT2D eigenvalue weighted by Crippen LogP contribution is 2.41. The summed E-state index contributed by atoms with van der Waals surface area (Å²) in [4.78, 5) is 24.9. The lowest BCUT2D eigenvalue weighted by Gasteiger charge is -2.28. The summed E-state index contributed by atoms with van der Waals surface area (Å²) in [5, 5.41) is 9.59. The highest BCUT2D eigenvalue weighted by Gasteiger charge is 2.36. The molecule has 1 N–H and O–H groups in total. The van der Waals surface area contributed by atoms with Crippen molar-refractivity contribution < 1.29 is 32.3 Å². The van der Waals surface area contributed by atoms with Crippen molar-refractivity contribution in [3.63, 3.8) is 0 Å². The zero-order valence-electron chi connectivity index (χ0n) is 18.1. The average molecular weight is 493 g/mol. The number of carbonyl (C=O) groups is 2. The van der Waals surface area contributed by atoms with Gasteiger partial charge < -0.3 is 5.11 Å².